The average Bonchev–Trinajstić information content (AvgIpc) is 3.26. The summed E-state index contributed by atoms with van der Waals surface area (Å²) in [7, 11) is 2.77. The van der Waals surface area contributed by atoms with E-state index in [1.54, 1.807) is 39.8 Å². The van der Waals surface area contributed by atoms with Crippen LogP contribution < -0.4 is 41.7 Å². The summed E-state index contributed by atoms with van der Waals surface area (Å²) >= 11 is 0. The fraction of sp³-hybridized carbons (Fsp3) is 0.227. The van der Waals surface area contributed by atoms with Gasteiger partial charge in [0.05, 0.1) is 48.3 Å². The Kier molecular flexibility index (Phi) is 14.2. The summed E-state index contributed by atoms with van der Waals surface area (Å²) in [6.45, 7) is 9.73. The Bertz CT molecular complexity index is 2880. The van der Waals surface area contributed by atoms with E-state index in [4.69, 9.17) is 9.47 Å². The summed E-state index contributed by atoms with van der Waals surface area (Å²) in [5, 5.41) is 13.6. The summed E-state index contributed by atoms with van der Waals surface area (Å²) in [4.78, 5) is 51.2. The highest BCUT2D eigenvalue weighted by Gasteiger charge is 2.37. The Morgan fingerprint density at radius 3 is 1.91 bits per heavy atom. The first-order valence-electron chi connectivity index (χ1n) is 19.7. The maximum absolute atomic E-state index is 14.9. The number of aryl methyl sites for hydroxylation is 4. The number of carbonyl (C=O) groups is 2. The molecular weight excluding hydrogens is 875 g/mol. The van der Waals surface area contributed by atoms with E-state index in [-0.39, 0.29) is 51.8 Å². The first kappa shape index (κ1) is 47.4. The third kappa shape index (κ3) is 11.6. The van der Waals surface area contributed by atoms with Crippen molar-refractivity contribution < 1.29 is 45.4 Å². The molecule has 0 radical (unpaired) electrons. The molecule has 2 amide bonds. The molecule has 0 aliphatic heterocycles. The molecule has 5 N–H and O–H groups in total. The van der Waals surface area contributed by atoms with Crippen molar-refractivity contribution in [3.8, 4) is 11.8 Å². The SMILES string of the molecule is C=CC(=O)Nc1cc(C)ccc1Nc1c(C(F)(F)F)cn/c(=N\c2cc(OC)ncc2C)n1CCC(=O)Nc1cc(C)ccc1Nc1nc(Nc2cc(OC)ncc2C)ncc1C(F)(F)F. The van der Waals surface area contributed by atoms with Crippen molar-refractivity contribution >= 4 is 63.5 Å². The first-order valence-corrected chi connectivity index (χ1v) is 19.7. The number of hydrogen-bond acceptors (Lipinski definition) is 13. The Morgan fingerprint density at radius 1 is 0.697 bits per heavy atom. The molecule has 16 nitrogen and oxygen atoms in total. The fourth-order valence-corrected chi connectivity index (χ4v) is 6.20. The van der Waals surface area contributed by atoms with Crippen LogP contribution >= 0.6 is 0 Å². The van der Waals surface area contributed by atoms with Gasteiger partial charge >= 0.3 is 12.4 Å². The molecule has 0 saturated carbocycles. The van der Waals surface area contributed by atoms with Crippen LogP contribution in [0.2, 0.25) is 0 Å². The third-order valence-electron chi connectivity index (χ3n) is 9.62. The van der Waals surface area contributed by atoms with Crippen molar-refractivity contribution in [1.82, 2.24) is 29.5 Å². The predicted molar refractivity (Wildman–Crippen MR) is 235 cm³/mol. The molecule has 0 aliphatic rings. The van der Waals surface area contributed by atoms with E-state index in [0.29, 0.717) is 40.3 Å². The lowest BCUT2D eigenvalue weighted by molar-refractivity contribution is -0.138. The van der Waals surface area contributed by atoms with Crippen molar-refractivity contribution in [2.24, 2.45) is 4.99 Å². The molecule has 6 rings (SSSR count). The molecular formula is C44H42F6N12O4. The lowest BCUT2D eigenvalue weighted by Crippen LogP contribution is -2.31. The van der Waals surface area contributed by atoms with Crippen molar-refractivity contribution in [2.75, 3.05) is 40.8 Å². The van der Waals surface area contributed by atoms with Crippen LogP contribution in [0.5, 0.6) is 11.8 Å². The van der Waals surface area contributed by atoms with E-state index in [0.717, 1.165) is 10.6 Å². The van der Waals surface area contributed by atoms with Gasteiger partial charge in [-0.1, -0.05) is 18.7 Å². The van der Waals surface area contributed by atoms with Gasteiger partial charge in [-0.25, -0.2) is 24.9 Å². The monoisotopic (exact) mass is 916 g/mol. The zero-order chi connectivity index (χ0) is 47.9. The summed E-state index contributed by atoms with van der Waals surface area (Å²) < 4.78 is 99.3. The highest BCUT2D eigenvalue weighted by atomic mass is 19.4. The number of carbonyl (C=O) groups excluding carboxylic acids is 2. The number of amides is 2. The molecule has 6 aromatic rings. The Hall–Kier alpha value is -8.04. The van der Waals surface area contributed by atoms with Gasteiger partial charge in [0.25, 0.3) is 0 Å². The Morgan fingerprint density at radius 2 is 1.29 bits per heavy atom. The molecule has 0 saturated heterocycles. The minimum Gasteiger partial charge on any atom is -0.481 e. The van der Waals surface area contributed by atoms with Gasteiger partial charge in [-0.2, -0.15) is 31.3 Å². The zero-order valence-corrected chi connectivity index (χ0v) is 36.2. The van der Waals surface area contributed by atoms with Gasteiger partial charge in [0, 0.05) is 49.9 Å². The fourth-order valence-electron chi connectivity index (χ4n) is 6.20. The number of halogens is 6. The topological polar surface area (TPSA) is 194 Å². The minimum absolute atomic E-state index is 0.00660. The number of aromatic nitrogens is 6. The maximum Gasteiger partial charge on any atom is 0.421 e. The van der Waals surface area contributed by atoms with Gasteiger partial charge in [0.2, 0.25) is 35.1 Å². The van der Waals surface area contributed by atoms with Crippen LogP contribution in [-0.4, -0.2) is 55.5 Å². The number of ether oxygens (including phenoxy) is 2. The van der Waals surface area contributed by atoms with E-state index >= 15 is 0 Å². The quantitative estimate of drug-likeness (QED) is 0.0485. The molecule has 0 bridgehead atoms. The molecule has 0 atom stereocenters. The summed E-state index contributed by atoms with van der Waals surface area (Å²) in [5.74, 6) is -2.47. The first-order chi connectivity index (χ1) is 31.3. The number of benzene rings is 2. The maximum atomic E-state index is 14.9. The molecule has 4 aromatic heterocycles. The predicted octanol–water partition coefficient (Wildman–Crippen LogP) is 9.37. The molecule has 2 aromatic carbocycles. The van der Waals surface area contributed by atoms with Gasteiger partial charge < -0.3 is 36.1 Å². The number of anilines is 8. The van der Waals surface area contributed by atoms with Gasteiger partial charge in [-0.05, 0) is 80.3 Å². The minimum atomic E-state index is -5.00. The number of methoxy groups -OCH3 is 2. The lowest BCUT2D eigenvalue weighted by atomic mass is 10.1. The van der Waals surface area contributed by atoms with Gasteiger partial charge in [-0.3, -0.25) is 14.2 Å². The second-order valence-corrected chi connectivity index (χ2v) is 14.6. The largest absolute Gasteiger partial charge is 0.481 e. The normalized spacial score (nSPS) is 11.7. The second kappa shape index (κ2) is 19.8. The molecule has 66 heavy (non-hydrogen) atoms. The van der Waals surface area contributed by atoms with Crippen molar-refractivity contribution in [1.29, 1.82) is 0 Å². The van der Waals surface area contributed by atoms with Crippen molar-refractivity contribution in [3.63, 3.8) is 0 Å². The standard InChI is InChI=1S/C44H42F6N12O4/c1-8-35(63)55-34-16-24(3)10-12-30(34)58-40-28(44(48,49)50)22-54-42(60-32-18-38(66-7)52-20-26(32)5)62(40)14-13-36(64)56-33-15-23(2)9-11-29(33)57-39-27(43(45,46)47)21-53-41(61-39)59-31-17-37(65-6)51-19-25(31)4/h8-12,15-22,58H,1,13-14H2,2-7H3,(H,55,63)(H,56,64)(H2,51,53,57,59,61)/b60-42+. The summed E-state index contributed by atoms with van der Waals surface area (Å²) in [6, 6.07) is 12.1. The highest BCUT2D eigenvalue weighted by molar-refractivity contribution is 6.01. The van der Waals surface area contributed by atoms with Crippen molar-refractivity contribution in [3.05, 3.63) is 125 Å². The number of nitrogens with one attached hydrogen (secondary N) is 5. The third-order valence-corrected chi connectivity index (χ3v) is 9.62. The van der Waals surface area contributed by atoms with Crippen molar-refractivity contribution in [2.45, 2.75) is 53.0 Å². The molecule has 4 heterocycles. The molecule has 0 unspecified atom stereocenters. The van der Waals surface area contributed by atoms with Gasteiger partial charge in [-0.15, -0.1) is 0 Å². The summed E-state index contributed by atoms with van der Waals surface area (Å²) in [5.41, 5.74) is 0.493. The average molecular weight is 917 g/mol. The second-order valence-electron chi connectivity index (χ2n) is 14.6. The van der Waals surface area contributed by atoms with Crippen LogP contribution in [0, 0.1) is 27.7 Å². The number of rotatable bonds is 15. The van der Waals surface area contributed by atoms with E-state index in [1.165, 1.54) is 63.0 Å². The smallest absolute Gasteiger partial charge is 0.421 e. The molecule has 0 spiro atoms. The van der Waals surface area contributed by atoms with Gasteiger partial charge in [0.1, 0.15) is 22.8 Å². The van der Waals surface area contributed by atoms with Crippen LogP contribution in [-0.2, 0) is 28.5 Å². The van der Waals surface area contributed by atoms with E-state index in [9.17, 15) is 35.9 Å². The van der Waals surface area contributed by atoms with Crippen LogP contribution in [0.15, 0.2) is 91.0 Å². The molecule has 22 heteroatoms. The highest BCUT2D eigenvalue weighted by Crippen LogP contribution is 2.39. The Balaban J connectivity index is 1.39. The van der Waals surface area contributed by atoms with E-state index in [2.05, 4.69) is 63.1 Å². The van der Waals surface area contributed by atoms with Crippen LogP contribution in [0.3, 0.4) is 0 Å². The number of hydrogen-bond donors (Lipinski definition) is 5. The molecule has 0 fully saturated rings. The van der Waals surface area contributed by atoms with Crippen LogP contribution in [0.4, 0.5) is 78.1 Å². The lowest BCUT2D eigenvalue weighted by Gasteiger charge is -2.22. The molecule has 0 aliphatic carbocycles. The van der Waals surface area contributed by atoms with E-state index < -0.39 is 59.9 Å². The van der Waals surface area contributed by atoms with Crippen LogP contribution in [0.25, 0.3) is 0 Å². The van der Waals surface area contributed by atoms with E-state index in [1.807, 2.05) is 0 Å². The number of nitrogens with zero attached hydrogens (tertiary/aromatic N) is 7. The van der Waals surface area contributed by atoms with Gasteiger partial charge in [0.15, 0.2) is 0 Å². The summed E-state index contributed by atoms with van der Waals surface area (Å²) in [6.07, 6.45) is -5.31. The number of pyridine rings is 2. The zero-order valence-electron chi connectivity index (χ0n) is 36.2. The molecule has 344 valence electrons. The Labute approximate surface area is 373 Å². The van der Waals surface area contributed by atoms with Crippen LogP contribution in [0.1, 0.15) is 39.8 Å². The number of alkyl halides is 6.